The fourth-order valence-corrected chi connectivity index (χ4v) is 3.47. The summed E-state index contributed by atoms with van der Waals surface area (Å²) in [5, 5.41) is 3.47. The molecule has 0 aromatic heterocycles. The van der Waals surface area contributed by atoms with E-state index in [9.17, 15) is 0 Å². The minimum atomic E-state index is 0.503. The SMILES string of the molecule is CCO[C@H]1C[C@H](NC)C12CCCCC2. The van der Waals surface area contributed by atoms with E-state index in [0.717, 1.165) is 12.6 Å². The van der Waals surface area contributed by atoms with Gasteiger partial charge in [0.15, 0.2) is 0 Å². The third-order valence-corrected chi connectivity index (χ3v) is 4.29. The average molecular weight is 197 g/mol. The maximum absolute atomic E-state index is 5.86. The summed E-state index contributed by atoms with van der Waals surface area (Å²) in [6.45, 7) is 2.99. The van der Waals surface area contributed by atoms with Crippen LogP contribution in [0.2, 0.25) is 0 Å². The first-order chi connectivity index (χ1) is 6.83. The molecule has 0 bridgehead atoms. The van der Waals surface area contributed by atoms with Crippen molar-refractivity contribution in [2.75, 3.05) is 13.7 Å². The highest BCUT2D eigenvalue weighted by Crippen LogP contribution is 2.53. The predicted octanol–water partition coefficient (Wildman–Crippen LogP) is 2.33. The smallest absolute Gasteiger partial charge is 0.0661 e. The van der Waals surface area contributed by atoms with Crippen LogP contribution in [0.4, 0.5) is 0 Å². The summed E-state index contributed by atoms with van der Waals surface area (Å²) in [5.74, 6) is 0. The van der Waals surface area contributed by atoms with Crippen LogP contribution in [0.3, 0.4) is 0 Å². The lowest BCUT2D eigenvalue weighted by molar-refractivity contribution is -0.148. The highest BCUT2D eigenvalue weighted by atomic mass is 16.5. The summed E-state index contributed by atoms with van der Waals surface area (Å²) in [6, 6.07) is 0.722. The molecule has 14 heavy (non-hydrogen) atoms. The Hall–Kier alpha value is -0.0800. The van der Waals surface area contributed by atoms with Gasteiger partial charge in [-0.1, -0.05) is 19.3 Å². The van der Waals surface area contributed by atoms with E-state index in [-0.39, 0.29) is 0 Å². The van der Waals surface area contributed by atoms with E-state index < -0.39 is 0 Å². The van der Waals surface area contributed by atoms with Crippen LogP contribution >= 0.6 is 0 Å². The summed E-state index contributed by atoms with van der Waals surface area (Å²) in [4.78, 5) is 0. The molecule has 0 unspecified atom stereocenters. The van der Waals surface area contributed by atoms with Gasteiger partial charge in [-0.2, -0.15) is 0 Å². The van der Waals surface area contributed by atoms with E-state index in [4.69, 9.17) is 4.74 Å². The van der Waals surface area contributed by atoms with Crippen LogP contribution in [-0.4, -0.2) is 25.8 Å². The van der Waals surface area contributed by atoms with Gasteiger partial charge in [0.25, 0.3) is 0 Å². The predicted molar refractivity (Wildman–Crippen MR) is 58.4 cm³/mol. The lowest BCUT2D eigenvalue weighted by atomic mass is 9.55. The second-order valence-electron chi connectivity index (χ2n) is 4.81. The van der Waals surface area contributed by atoms with Crippen molar-refractivity contribution < 1.29 is 4.74 Å². The van der Waals surface area contributed by atoms with Gasteiger partial charge in [0.05, 0.1) is 6.10 Å². The van der Waals surface area contributed by atoms with Crippen LogP contribution in [0, 0.1) is 5.41 Å². The second-order valence-corrected chi connectivity index (χ2v) is 4.81. The Balaban J connectivity index is 2.01. The van der Waals surface area contributed by atoms with Crippen molar-refractivity contribution in [2.45, 2.75) is 57.6 Å². The number of ether oxygens (including phenoxy) is 1. The Kier molecular flexibility index (Phi) is 3.13. The quantitative estimate of drug-likeness (QED) is 0.750. The zero-order chi connectivity index (χ0) is 10.0. The molecule has 2 saturated carbocycles. The first-order valence-corrected chi connectivity index (χ1v) is 6.12. The second kappa shape index (κ2) is 4.19. The fraction of sp³-hybridized carbons (Fsp3) is 1.00. The third kappa shape index (κ3) is 1.49. The Morgan fingerprint density at radius 2 is 2.00 bits per heavy atom. The Labute approximate surface area is 87.4 Å². The minimum Gasteiger partial charge on any atom is -0.378 e. The van der Waals surface area contributed by atoms with Gasteiger partial charge < -0.3 is 10.1 Å². The highest BCUT2D eigenvalue weighted by Gasteiger charge is 2.54. The molecule has 0 amide bonds. The van der Waals surface area contributed by atoms with Crippen LogP contribution in [0.1, 0.15) is 45.4 Å². The average Bonchev–Trinajstić information content (AvgIpc) is 2.25. The third-order valence-electron chi connectivity index (χ3n) is 4.29. The Morgan fingerprint density at radius 3 is 2.57 bits per heavy atom. The molecule has 82 valence electrons. The number of nitrogens with one attached hydrogen (secondary N) is 1. The van der Waals surface area contributed by atoms with Crippen molar-refractivity contribution in [2.24, 2.45) is 5.41 Å². The van der Waals surface area contributed by atoms with E-state index in [1.807, 2.05) is 0 Å². The molecule has 2 aliphatic rings. The van der Waals surface area contributed by atoms with Gasteiger partial charge in [0, 0.05) is 18.1 Å². The van der Waals surface area contributed by atoms with Crippen LogP contribution < -0.4 is 5.32 Å². The molecule has 2 aliphatic carbocycles. The molecule has 2 fully saturated rings. The van der Waals surface area contributed by atoms with Crippen molar-refractivity contribution in [1.82, 2.24) is 5.32 Å². The zero-order valence-corrected chi connectivity index (χ0v) is 9.51. The standard InChI is InChI=1S/C12H23NO/c1-3-14-11-9-10(13-2)12(11)7-5-4-6-8-12/h10-11,13H,3-9H2,1-2H3/t10-,11-/m0/s1. The van der Waals surface area contributed by atoms with Crippen molar-refractivity contribution in [3.8, 4) is 0 Å². The maximum Gasteiger partial charge on any atom is 0.0661 e. The Bertz CT molecular complexity index is 187. The molecule has 1 spiro atoms. The van der Waals surface area contributed by atoms with E-state index in [2.05, 4.69) is 19.3 Å². The number of hydrogen-bond acceptors (Lipinski definition) is 2. The number of rotatable bonds is 3. The van der Waals surface area contributed by atoms with Crippen LogP contribution in [0.25, 0.3) is 0 Å². The fourth-order valence-electron chi connectivity index (χ4n) is 3.47. The van der Waals surface area contributed by atoms with E-state index in [1.54, 1.807) is 0 Å². The Morgan fingerprint density at radius 1 is 1.29 bits per heavy atom. The molecule has 2 nitrogen and oxygen atoms in total. The highest BCUT2D eigenvalue weighted by molar-refractivity contribution is 5.08. The molecular formula is C12H23NO. The van der Waals surface area contributed by atoms with Gasteiger partial charge in [-0.3, -0.25) is 0 Å². The normalized spacial score (nSPS) is 35.6. The molecule has 1 N–H and O–H groups in total. The van der Waals surface area contributed by atoms with Gasteiger partial charge in [0.1, 0.15) is 0 Å². The molecular weight excluding hydrogens is 174 g/mol. The summed E-state index contributed by atoms with van der Waals surface area (Å²) in [7, 11) is 2.10. The summed E-state index contributed by atoms with van der Waals surface area (Å²) in [5.41, 5.74) is 0.503. The van der Waals surface area contributed by atoms with Gasteiger partial charge in [-0.25, -0.2) is 0 Å². The number of hydrogen-bond donors (Lipinski definition) is 1. The minimum absolute atomic E-state index is 0.503. The van der Waals surface area contributed by atoms with Crippen LogP contribution in [0.15, 0.2) is 0 Å². The molecule has 0 aromatic rings. The van der Waals surface area contributed by atoms with E-state index in [0.29, 0.717) is 11.5 Å². The van der Waals surface area contributed by atoms with Gasteiger partial charge in [0.2, 0.25) is 0 Å². The molecule has 0 radical (unpaired) electrons. The molecule has 2 atom stereocenters. The van der Waals surface area contributed by atoms with Gasteiger partial charge >= 0.3 is 0 Å². The molecule has 0 saturated heterocycles. The van der Waals surface area contributed by atoms with Gasteiger partial charge in [-0.05, 0) is 33.2 Å². The monoisotopic (exact) mass is 197 g/mol. The first-order valence-electron chi connectivity index (χ1n) is 6.12. The van der Waals surface area contributed by atoms with Crippen molar-refractivity contribution in [3.63, 3.8) is 0 Å². The summed E-state index contributed by atoms with van der Waals surface area (Å²) < 4.78 is 5.86. The van der Waals surface area contributed by atoms with Crippen LogP contribution in [-0.2, 0) is 4.74 Å². The first kappa shape index (κ1) is 10.4. The molecule has 0 heterocycles. The lowest BCUT2D eigenvalue weighted by Gasteiger charge is -2.57. The molecule has 0 aliphatic heterocycles. The van der Waals surface area contributed by atoms with E-state index >= 15 is 0 Å². The topological polar surface area (TPSA) is 21.3 Å². The van der Waals surface area contributed by atoms with Gasteiger partial charge in [-0.15, -0.1) is 0 Å². The summed E-state index contributed by atoms with van der Waals surface area (Å²) >= 11 is 0. The van der Waals surface area contributed by atoms with Crippen molar-refractivity contribution in [1.29, 1.82) is 0 Å². The van der Waals surface area contributed by atoms with Crippen molar-refractivity contribution in [3.05, 3.63) is 0 Å². The van der Waals surface area contributed by atoms with Crippen LogP contribution in [0.5, 0.6) is 0 Å². The molecule has 2 heteroatoms. The zero-order valence-electron chi connectivity index (χ0n) is 9.51. The van der Waals surface area contributed by atoms with Crippen molar-refractivity contribution >= 4 is 0 Å². The molecule has 0 aromatic carbocycles. The maximum atomic E-state index is 5.86. The summed E-state index contributed by atoms with van der Waals surface area (Å²) in [6.07, 6.45) is 8.77. The lowest BCUT2D eigenvalue weighted by Crippen LogP contribution is -2.63. The largest absolute Gasteiger partial charge is 0.378 e. The van der Waals surface area contributed by atoms with E-state index in [1.165, 1.54) is 38.5 Å². The molecule has 2 rings (SSSR count).